The molecule has 0 spiro atoms. The summed E-state index contributed by atoms with van der Waals surface area (Å²) in [6, 6.07) is 0. The highest BCUT2D eigenvalue weighted by Gasteiger charge is 2.21. The van der Waals surface area contributed by atoms with Crippen LogP contribution in [0.2, 0.25) is 0 Å². The molecule has 1 saturated carbocycles. The fraction of sp³-hybridized carbons (Fsp3) is 0.714. The van der Waals surface area contributed by atoms with E-state index in [0.717, 1.165) is 37.2 Å². The van der Waals surface area contributed by atoms with E-state index < -0.39 is 0 Å². The Morgan fingerprint density at radius 2 is 2.00 bits per heavy atom. The van der Waals surface area contributed by atoms with Crippen LogP contribution in [0.1, 0.15) is 51.5 Å². The van der Waals surface area contributed by atoms with Gasteiger partial charge in [0.1, 0.15) is 18.2 Å². The van der Waals surface area contributed by atoms with Gasteiger partial charge < -0.3 is 10.5 Å². The Hall–Kier alpha value is -1.32. The third-order valence-electron chi connectivity index (χ3n) is 3.68. The van der Waals surface area contributed by atoms with E-state index in [2.05, 4.69) is 23.8 Å². The number of nitrogens with two attached hydrogens (primary N) is 1. The van der Waals surface area contributed by atoms with E-state index in [9.17, 15) is 0 Å². The van der Waals surface area contributed by atoms with Crippen molar-refractivity contribution in [2.45, 2.75) is 58.5 Å². The quantitative estimate of drug-likeness (QED) is 0.891. The zero-order valence-electron chi connectivity index (χ0n) is 11.4. The topological polar surface area (TPSA) is 61.0 Å². The highest BCUT2D eigenvalue weighted by molar-refractivity contribution is 5.44. The fourth-order valence-electron chi connectivity index (χ4n) is 2.50. The standard InChI is InChI=1S/C14H23N3O/c1-3-4-12-13(15)16-9-17-14(12)18-11-7-5-10(2)6-8-11/h9-11H,3-8H2,1-2H3,(H2,15,16,17). The summed E-state index contributed by atoms with van der Waals surface area (Å²) in [6.07, 6.45) is 8.43. The van der Waals surface area contributed by atoms with Crippen LogP contribution in [-0.2, 0) is 6.42 Å². The summed E-state index contributed by atoms with van der Waals surface area (Å²) in [5.74, 6) is 2.09. The van der Waals surface area contributed by atoms with Crippen molar-refractivity contribution in [3.63, 3.8) is 0 Å². The fourth-order valence-corrected chi connectivity index (χ4v) is 2.50. The molecule has 0 bridgehead atoms. The Morgan fingerprint density at radius 1 is 1.28 bits per heavy atom. The summed E-state index contributed by atoms with van der Waals surface area (Å²) in [6.45, 7) is 4.43. The zero-order chi connectivity index (χ0) is 13.0. The number of hydrogen-bond acceptors (Lipinski definition) is 4. The van der Waals surface area contributed by atoms with Gasteiger partial charge >= 0.3 is 0 Å². The smallest absolute Gasteiger partial charge is 0.222 e. The number of hydrogen-bond donors (Lipinski definition) is 1. The molecule has 0 aliphatic heterocycles. The first-order chi connectivity index (χ1) is 8.70. The average molecular weight is 249 g/mol. The number of nitrogen functional groups attached to an aromatic ring is 1. The predicted molar refractivity (Wildman–Crippen MR) is 72.5 cm³/mol. The summed E-state index contributed by atoms with van der Waals surface area (Å²) in [4.78, 5) is 8.31. The summed E-state index contributed by atoms with van der Waals surface area (Å²) in [5, 5.41) is 0. The summed E-state index contributed by atoms with van der Waals surface area (Å²) >= 11 is 0. The maximum atomic E-state index is 6.04. The first kappa shape index (κ1) is 13.1. The van der Waals surface area contributed by atoms with E-state index in [1.165, 1.54) is 19.2 Å². The normalized spacial score (nSPS) is 23.9. The van der Waals surface area contributed by atoms with Gasteiger partial charge in [0.25, 0.3) is 0 Å². The first-order valence-corrected chi connectivity index (χ1v) is 6.96. The molecule has 0 atom stereocenters. The lowest BCUT2D eigenvalue weighted by Crippen LogP contribution is -2.24. The van der Waals surface area contributed by atoms with Crippen molar-refractivity contribution in [2.24, 2.45) is 5.92 Å². The van der Waals surface area contributed by atoms with E-state index in [4.69, 9.17) is 10.5 Å². The van der Waals surface area contributed by atoms with Crippen LogP contribution >= 0.6 is 0 Å². The number of aromatic nitrogens is 2. The Bertz CT molecular complexity index is 387. The van der Waals surface area contributed by atoms with Crippen molar-refractivity contribution in [3.05, 3.63) is 11.9 Å². The van der Waals surface area contributed by atoms with Gasteiger partial charge in [0.2, 0.25) is 5.88 Å². The second-order valence-electron chi connectivity index (χ2n) is 5.29. The second kappa shape index (κ2) is 6.03. The molecule has 2 rings (SSSR count). The Labute approximate surface area is 109 Å². The molecule has 1 aliphatic rings. The zero-order valence-corrected chi connectivity index (χ0v) is 11.4. The molecule has 4 heteroatoms. The molecule has 1 heterocycles. The van der Waals surface area contributed by atoms with Crippen LogP contribution in [-0.4, -0.2) is 16.1 Å². The molecule has 1 aromatic rings. The maximum Gasteiger partial charge on any atom is 0.222 e. The van der Waals surface area contributed by atoms with E-state index in [0.29, 0.717) is 17.8 Å². The third-order valence-corrected chi connectivity index (χ3v) is 3.68. The molecule has 0 radical (unpaired) electrons. The van der Waals surface area contributed by atoms with E-state index in [-0.39, 0.29) is 0 Å². The van der Waals surface area contributed by atoms with Crippen LogP contribution in [0.15, 0.2) is 6.33 Å². The number of ether oxygens (including phenoxy) is 1. The second-order valence-corrected chi connectivity index (χ2v) is 5.29. The predicted octanol–water partition coefficient (Wildman–Crippen LogP) is 2.97. The van der Waals surface area contributed by atoms with Gasteiger partial charge in [-0.05, 0) is 38.0 Å². The number of anilines is 1. The maximum absolute atomic E-state index is 6.04. The third kappa shape index (κ3) is 3.12. The largest absolute Gasteiger partial charge is 0.474 e. The summed E-state index contributed by atoms with van der Waals surface area (Å²) in [5.41, 5.74) is 6.87. The lowest BCUT2D eigenvalue weighted by Gasteiger charge is -2.27. The minimum atomic E-state index is 0.297. The molecular formula is C14H23N3O. The van der Waals surface area contributed by atoms with Crippen molar-refractivity contribution in [1.29, 1.82) is 0 Å². The van der Waals surface area contributed by atoms with Gasteiger partial charge in [-0.15, -0.1) is 0 Å². The lowest BCUT2D eigenvalue weighted by atomic mass is 9.89. The molecule has 1 aromatic heterocycles. The van der Waals surface area contributed by atoms with Crippen LogP contribution in [0.3, 0.4) is 0 Å². The van der Waals surface area contributed by atoms with E-state index >= 15 is 0 Å². The van der Waals surface area contributed by atoms with Crippen molar-refractivity contribution < 1.29 is 4.74 Å². The van der Waals surface area contributed by atoms with Crippen molar-refractivity contribution in [3.8, 4) is 5.88 Å². The molecule has 2 N–H and O–H groups in total. The van der Waals surface area contributed by atoms with Gasteiger partial charge in [0.05, 0.1) is 5.56 Å². The Kier molecular flexibility index (Phi) is 4.39. The minimum Gasteiger partial charge on any atom is -0.474 e. The van der Waals surface area contributed by atoms with Crippen LogP contribution in [0.5, 0.6) is 5.88 Å². The Balaban J connectivity index is 2.06. The van der Waals surface area contributed by atoms with Gasteiger partial charge in [-0.2, -0.15) is 0 Å². The van der Waals surface area contributed by atoms with Gasteiger partial charge in [0.15, 0.2) is 0 Å². The monoisotopic (exact) mass is 249 g/mol. The molecule has 18 heavy (non-hydrogen) atoms. The molecule has 1 fully saturated rings. The summed E-state index contributed by atoms with van der Waals surface area (Å²) < 4.78 is 6.04. The average Bonchev–Trinajstić information content (AvgIpc) is 2.36. The van der Waals surface area contributed by atoms with Crippen molar-refractivity contribution in [1.82, 2.24) is 9.97 Å². The molecule has 0 saturated heterocycles. The molecular weight excluding hydrogens is 226 g/mol. The number of nitrogens with zero attached hydrogens (tertiary/aromatic N) is 2. The highest BCUT2D eigenvalue weighted by Crippen LogP contribution is 2.29. The highest BCUT2D eigenvalue weighted by atomic mass is 16.5. The van der Waals surface area contributed by atoms with E-state index in [1.54, 1.807) is 0 Å². The van der Waals surface area contributed by atoms with Crippen LogP contribution < -0.4 is 10.5 Å². The van der Waals surface area contributed by atoms with Gasteiger partial charge in [0, 0.05) is 0 Å². The van der Waals surface area contributed by atoms with E-state index in [1.807, 2.05) is 0 Å². The van der Waals surface area contributed by atoms with Crippen molar-refractivity contribution >= 4 is 5.82 Å². The minimum absolute atomic E-state index is 0.297. The molecule has 0 amide bonds. The number of rotatable bonds is 4. The molecule has 1 aliphatic carbocycles. The van der Waals surface area contributed by atoms with Gasteiger partial charge in [-0.3, -0.25) is 0 Å². The lowest BCUT2D eigenvalue weighted by molar-refractivity contribution is 0.128. The van der Waals surface area contributed by atoms with Gasteiger partial charge in [-0.1, -0.05) is 20.3 Å². The van der Waals surface area contributed by atoms with Crippen molar-refractivity contribution in [2.75, 3.05) is 5.73 Å². The van der Waals surface area contributed by atoms with Crippen LogP contribution in [0, 0.1) is 5.92 Å². The molecule has 100 valence electrons. The molecule has 0 unspecified atom stereocenters. The Morgan fingerprint density at radius 3 is 2.67 bits per heavy atom. The molecule has 4 nitrogen and oxygen atoms in total. The molecule has 0 aromatic carbocycles. The van der Waals surface area contributed by atoms with Crippen LogP contribution in [0.25, 0.3) is 0 Å². The van der Waals surface area contributed by atoms with Gasteiger partial charge in [-0.25, -0.2) is 9.97 Å². The van der Waals surface area contributed by atoms with Crippen LogP contribution in [0.4, 0.5) is 5.82 Å². The first-order valence-electron chi connectivity index (χ1n) is 6.96. The SMILES string of the molecule is CCCc1c(N)ncnc1OC1CCC(C)CC1. The summed E-state index contributed by atoms with van der Waals surface area (Å²) in [7, 11) is 0.